The Morgan fingerprint density at radius 2 is 2.05 bits per heavy atom. The Labute approximate surface area is 122 Å². The van der Waals surface area contributed by atoms with E-state index in [1.165, 1.54) is 10.5 Å². The van der Waals surface area contributed by atoms with Gasteiger partial charge >= 0.3 is 0 Å². The van der Waals surface area contributed by atoms with Crippen LogP contribution in [-0.4, -0.2) is 17.1 Å². The van der Waals surface area contributed by atoms with E-state index in [9.17, 15) is 0 Å². The first-order chi connectivity index (χ1) is 9.19. The van der Waals surface area contributed by atoms with Crippen LogP contribution in [0, 0.1) is 6.92 Å². The Bertz CT molecular complexity index is 563. The molecule has 19 heavy (non-hydrogen) atoms. The number of benzene rings is 1. The lowest BCUT2D eigenvalue weighted by atomic mass is 10.2. The number of aromatic nitrogens is 2. The van der Waals surface area contributed by atoms with Gasteiger partial charge in [0, 0.05) is 12.0 Å². The molecule has 0 aliphatic rings. The highest BCUT2D eigenvalue weighted by molar-refractivity contribution is 7.98. The molecule has 2 aromatic rings. The number of methoxy groups -OCH3 is 1. The molecule has 3 nitrogen and oxygen atoms in total. The molecule has 0 bridgehead atoms. The van der Waals surface area contributed by atoms with Crippen LogP contribution in [-0.2, 0) is 17.1 Å². The van der Waals surface area contributed by atoms with Crippen molar-refractivity contribution in [3.63, 3.8) is 0 Å². The fourth-order valence-corrected chi connectivity index (χ4v) is 2.77. The van der Waals surface area contributed by atoms with E-state index >= 15 is 0 Å². The zero-order valence-electron chi connectivity index (χ0n) is 10.9. The van der Waals surface area contributed by atoms with E-state index in [-0.39, 0.29) is 0 Å². The van der Waals surface area contributed by atoms with Crippen molar-refractivity contribution in [2.75, 3.05) is 7.11 Å². The number of nitrogens with zero attached hydrogens (tertiary/aromatic N) is 2. The van der Waals surface area contributed by atoms with Crippen molar-refractivity contribution in [1.29, 1.82) is 0 Å². The first-order valence-electron chi connectivity index (χ1n) is 5.88. The summed E-state index contributed by atoms with van der Waals surface area (Å²) in [5.41, 5.74) is 2.06. The summed E-state index contributed by atoms with van der Waals surface area (Å²) in [7, 11) is 1.64. The number of hydrogen-bond donors (Lipinski definition) is 0. The third-order valence-corrected chi connectivity index (χ3v) is 3.90. The molecule has 0 spiro atoms. The molecular formula is C14H15ClN2OS. The second-order valence-corrected chi connectivity index (χ2v) is 5.49. The van der Waals surface area contributed by atoms with E-state index < -0.39 is 0 Å². The van der Waals surface area contributed by atoms with Gasteiger partial charge in [-0.15, -0.1) is 11.8 Å². The van der Waals surface area contributed by atoms with E-state index in [4.69, 9.17) is 16.3 Å². The summed E-state index contributed by atoms with van der Waals surface area (Å²) in [5, 5.41) is 0.461. The van der Waals surface area contributed by atoms with Gasteiger partial charge in [-0.1, -0.05) is 29.8 Å². The SMILES string of the molecule is COCc1cc(Cl)nc(CSc2ccccc2C)n1. The highest BCUT2D eigenvalue weighted by Crippen LogP contribution is 2.25. The monoisotopic (exact) mass is 294 g/mol. The third-order valence-electron chi connectivity index (χ3n) is 2.54. The average Bonchev–Trinajstić information content (AvgIpc) is 2.37. The molecule has 0 aliphatic heterocycles. The molecular weight excluding hydrogens is 280 g/mol. The van der Waals surface area contributed by atoms with Gasteiger partial charge in [-0.05, 0) is 24.6 Å². The number of ether oxygens (including phenoxy) is 1. The zero-order chi connectivity index (χ0) is 13.7. The fourth-order valence-electron chi connectivity index (χ4n) is 1.66. The number of halogens is 1. The van der Waals surface area contributed by atoms with Crippen LogP contribution < -0.4 is 0 Å². The largest absolute Gasteiger partial charge is 0.378 e. The van der Waals surface area contributed by atoms with Crippen molar-refractivity contribution in [3.8, 4) is 0 Å². The van der Waals surface area contributed by atoms with Crippen LogP contribution in [0.5, 0.6) is 0 Å². The molecule has 0 amide bonds. The standard InChI is InChI=1S/C14H15ClN2OS/c1-10-5-3-4-6-12(10)19-9-14-16-11(8-18-2)7-13(15)17-14/h3-7H,8-9H2,1-2H3. The van der Waals surface area contributed by atoms with Crippen molar-refractivity contribution in [2.24, 2.45) is 0 Å². The topological polar surface area (TPSA) is 35.0 Å². The smallest absolute Gasteiger partial charge is 0.140 e. The summed E-state index contributed by atoms with van der Waals surface area (Å²) in [6, 6.07) is 9.99. The molecule has 0 aliphatic carbocycles. The summed E-state index contributed by atoms with van der Waals surface area (Å²) >= 11 is 7.69. The Balaban J connectivity index is 2.09. The highest BCUT2D eigenvalue weighted by atomic mass is 35.5. The minimum absolute atomic E-state index is 0.449. The molecule has 100 valence electrons. The number of rotatable bonds is 5. The molecule has 1 heterocycles. The van der Waals surface area contributed by atoms with E-state index in [1.807, 2.05) is 12.1 Å². The molecule has 0 atom stereocenters. The van der Waals surface area contributed by atoms with Crippen molar-refractivity contribution in [2.45, 2.75) is 24.2 Å². The van der Waals surface area contributed by atoms with Crippen LogP contribution in [0.1, 0.15) is 17.1 Å². The minimum Gasteiger partial charge on any atom is -0.378 e. The fraction of sp³-hybridized carbons (Fsp3) is 0.286. The molecule has 0 unspecified atom stereocenters. The maximum Gasteiger partial charge on any atom is 0.140 e. The van der Waals surface area contributed by atoms with Gasteiger partial charge in [-0.25, -0.2) is 9.97 Å². The van der Waals surface area contributed by atoms with Crippen molar-refractivity contribution in [3.05, 3.63) is 52.6 Å². The molecule has 1 aromatic carbocycles. The van der Waals surface area contributed by atoms with Gasteiger partial charge in [0.1, 0.15) is 11.0 Å². The predicted octanol–water partition coefficient (Wildman–Crippen LogP) is 3.88. The van der Waals surface area contributed by atoms with Gasteiger partial charge in [0.2, 0.25) is 0 Å². The Kier molecular flexibility index (Phi) is 5.19. The van der Waals surface area contributed by atoms with E-state index in [2.05, 4.69) is 29.0 Å². The van der Waals surface area contributed by atoms with Gasteiger partial charge in [0.05, 0.1) is 18.1 Å². The third kappa shape index (κ3) is 4.20. The molecule has 0 saturated carbocycles. The Morgan fingerprint density at radius 1 is 1.26 bits per heavy atom. The molecule has 0 N–H and O–H groups in total. The Hall–Kier alpha value is -1.10. The van der Waals surface area contributed by atoms with Crippen LogP contribution in [0.3, 0.4) is 0 Å². The van der Waals surface area contributed by atoms with Crippen molar-refractivity contribution in [1.82, 2.24) is 9.97 Å². The lowest BCUT2D eigenvalue weighted by molar-refractivity contribution is 0.181. The van der Waals surface area contributed by atoms with Crippen molar-refractivity contribution < 1.29 is 4.74 Å². The summed E-state index contributed by atoms with van der Waals surface area (Å²) in [4.78, 5) is 9.90. The summed E-state index contributed by atoms with van der Waals surface area (Å²) in [5.74, 6) is 1.43. The Morgan fingerprint density at radius 3 is 2.79 bits per heavy atom. The number of thioether (sulfide) groups is 1. The van der Waals surface area contributed by atoms with Crippen LogP contribution >= 0.6 is 23.4 Å². The lowest BCUT2D eigenvalue weighted by Crippen LogP contribution is -2.00. The second kappa shape index (κ2) is 6.89. The van der Waals surface area contributed by atoms with Gasteiger partial charge < -0.3 is 4.74 Å². The lowest BCUT2D eigenvalue weighted by Gasteiger charge is -2.06. The van der Waals surface area contributed by atoms with Gasteiger partial charge in [-0.3, -0.25) is 0 Å². The molecule has 0 radical (unpaired) electrons. The van der Waals surface area contributed by atoms with E-state index in [1.54, 1.807) is 24.9 Å². The minimum atomic E-state index is 0.449. The molecule has 0 fully saturated rings. The van der Waals surface area contributed by atoms with Gasteiger partial charge in [-0.2, -0.15) is 0 Å². The quantitative estimate of drug-likeness (QED) is 0.619. The van der Waals surface area contributed by atoms with Crippen LogP contribution in [0.15, 0.2) is 35.2 Å². The summed E-state index contributed by atoms with van der Waals surface area (Å²) < 4.78 is 5.06. The van der Waals surface area contributed by atoms with Crippen molar-refractivity contribution >= 4 is 23.4 Å². The second-order valence-electron chi connectivity index (χ2n) is 4.09. The number of aryl methyl sites for hydroxylation is 1. The van der Waals surface area contributed by atoms with E-state index in [0.717, 1.165) is 11.5 Å². The summed E-state index contributed by atoms with van der Waals surface area (Å²) in [6.07, 6.45) is 0. The maximum absolute atomic E-state index is 5.98. The number of hydrogen-bond acceptors (Lipinski definition) is 4. The van der Waals surface area contributed by atoms with Crippen LogP contribution in [0.4, 0.5) is 0 Å². The van der Waals surface area contributed by atoms with Crippen LogP contribution in [0.25, 0.3) is 0 Å². The van der Waals surface area contributed by atoms with Gasteiger partial charge in [0.25, 0.3) is 0 Å². The first kappa shape index (κ1) is 14.3. The van der Waals surface area contributed by atoms with Crippen LogP contribution in [0.2, 0.25) is 5.15 Å². The first-order valence-corrected chi connectivity index (χ1v) is 7.25. The molecule has 5 heteroatoms. The predicted molar refractivity (Wildman–Crippen MR) is 78.5 cm³/mol. The molecule has 0 saturated heterocycles. The molecule has 2 rings (SSSR count). The van der Waals surface area contributed by atoms with Gasteiger partial charge in [0.15, 0.2) is 0 Å². The highest BCUT2D eigenvalue weighted by Gasteiger charge is 2.05. The van der Waals surface area contributed by atoms with E-state index in [0.29, 0.717) is 17.5 Å². The summed E-state index contributed by atoms with van der Waals surface area (Å²) in [6.45, 7) is 2.54. The average molecular weight is 295 g/mol. The zero-order valence-corrected chi connectivity index (χ0v) is 12.5. The maximum atomic E-state index is 5.98. The normalized spacial score (nSPS) is 10.7. The molecule has 1 aromatic heterocycles.